The summed E-state index contributed by atoms with van der Waals surface area (Å²) in [6.45, 7) is 1.94. The molecule has 1 unspecified atom stereocenters. The lowest BCUT2D eigenvalue weighted by atomic mass is 10.2. The fourth-order valence-electron chi connectivity index (χ4n) is 1.65. The number of hydrogen-bond acceptors (Lipinski definition) is 3. The number of halogens is 2. The Labute approximate surface area is 127 Å². The van der Waals surface area contributed by atoms with Crippen molar-refractivity contribution in [1.82, 2.24) is 4.90 Å². The maximum atomic E-state index is 11.8. The molecule has 1 aromatic carbocycles. The molecule has 0 bridgehead atoms. The van der Waals surface area contributed by atoms with E-state index in [2.05, 4.69) is 5.32 Å². The quantitative estimate of drug-likeness (QED) is 0.845. The Morgan fingerprint density at radius 3 is 2.65 bits per heavy atom. The molecule has 1 rings (SSSR count). The summed E-state index contributed by atoms with van der Waals surface area (Å²) in [4.78, 5) is 24.2. The fourth-order valence-corrected chi connectivity index (χ4v) is 1.99. The van der Waals surface area contributed by atoms with Gasteiger partial charge in [-0.3, -0.25) is 14.5 Å². The molecule has 0 spiro atoms. The number of benzene rings is 1. The van der Waals surface area contributed by atoms with Crippen LogP contribution in [0.1, 0.15) is 6.92 Å². The number of nitrogens with zero attached hydrogens (tertiary/aromatic N) is 1. The van der Waals surface area contributed by atoms with Gasteiger partial charge in [0.25, 0.3) is 0 Å². The van der Waals surface area contributed by atoms with Crippen molar-refractivity contribution in [1.29, 1.82) is 0 Å². The molecule has 110 valence electrons. The third-order valence-electron chi connectivity index (χ3n) is 2.65. The zero-order valence-corrected chi connectivity index (χ0v) is 12.7. The largest absolute Gasteiger partial charge is 0.481 e. The molecule has 7 heteroatoms. The van der Waals surface area contributed by atoms with Gasteiger partial charge in [-0.2, -0.15) is 0 Å². The molecule has 0 aliphatic heterocycles. The van der Waals surface area contributed by atoms with E-state index in [9.17, 15) is 9.59 Å². The molecule has 1 aromatic rings. The number of likely N-dealkylation sites (N-methyl/N-ethyl adjacent to an activating group) is 1. The molecule has 0 fully saturated rings. The minimum atomic E-state index is -0.893. The van der Waals surface area contributed by atoms with E-state index in [1.807, 2.05) is 0 Å². The topological polar surface area (TPSA) is 69.6 Å². The van der Waals surface area contributed by atoms with Gasteiger partial charge < -0.3 is 10.4 Å². The molecule has 0 radical (unpaired) electrons. The number of rotatable bonds is 6. The average Bonchev–Trinajstić information content (AvgIpc) is 2.34. The molecule has 20 heavy (non-hydrogen) atoms. The van der Waals surface area contributed by atoms with Gasteiger partial charge in [0.05, 0.1) is 28.2 Å². The van der Waals surface area contributed by atoms with Crippen molar-refractivity contribution in [2.75, 3.05) is 25.5 Å². The Morgan fingerprint density at radius 2 is 2.05 bits per heavy atom. The van der Waals surface area contributed by atoms with Crippen LogP contribution in [0.3, 0.4) is 0 Å². The number of carboxylic acid groups (broad SMARTS) is 1. The van der Waals surface area contributed by atoms with Crippen LogP contribution in [0.25, 0.3) is 0 Å². The summed E-state index contributed by atoms with van der Waals surface area (Å²) in [5.41, 5.74) is 0.434. The zero-order valence-electron chi connectivity index (χ0n) is 11.2. The van der Waals surface area contributed by atoms with Gasteiger partial charge in [-0.05, 0) is 19.2 Å². The summed E-state index contributed by atoms with van der Waals surface area (Å²) in [5, 5.41) is 12.1. The third-order valence-corrected chi connectivity index (χ3v) is 3.47. The lowest BCUT2D eigenvalue weighted by molar-refractivity contribution is -0.141. The number of nitrogens with one attached hydrogen (secondary N) is 1. The number of carboxylic acids is 1. The minimum absolute atomic E-state index is 0.0699. The highest BCUT2D eigenvalue weighted by Gasteiger charge is 2.16. The van der Waals surface area contributed by atoms with E-state index < -0.39 is 11.9 Å². The Bertz CT molecular complexity index is 508. The van der Waals surface area contributed by atoms with E-state index in [0.29, 0.717) is 10.7 Å². The summed E-state index contributed by atoms with van der Waals surface area (Å²) in [6.07, 6.45) is 0. The van der Waals surface area contributed by atoms with Crippen LogP contribution in [0, 0.1) is 5.92 Å². The molecule has 0 aliphatic carbocycles. The molecular formula is C13H16Cl2N2O3. The first-order valence-corrected chi connectivity index (χ1v) is 6.72. The number of amides is 1. The summed E-state index contributed by atoms with van der Waals surface area (Å²) < 4.78 is 0. The molecule has 0 saturated carbocycles. The maximum Gasteiger partial charge on any atom is 0.307 e. The van der Waals surface area contributed by atoms with Crippen LogP contribution in [-0.4, -0.2) is 42.0 Å². The van der Waals surface area contributed by atoms with Crippen LogP contribution >= 0.6 is 23.2 Å². The van der Waals surface area contributed by atoms with Gasteiger partial charge in [-0.15, -0.1) is 0 Å². The second-order valence-electron chi connectivity index (χ2n) is 4.59. The van der Waals surface area contributed by atoms with Crippen molar-refractivity contribution >= 4 is 40.8 Å². The average molecular weight is 319 g/mol. The lowest BCUT2D eigenvalue weighted by Crippen LogP contribution is -2.35. The molecule has 0 heterocycles. The van der Waals surface area contributed by atoms with Crippen molar-refractivity contribution in [2.24, 2.45) is 5.92 Å². The predicted octanol–water partition coefficient (Wildman–Crippen LogP) is 2.58. The summed E-state index contributed by atoms with van der Waals surface area (Å²) in [5.74, 6) is -1.72. The number of hydrogen-bond donors (Lipinski definition) is 2. The van der Waals surface area contributed by atoms with Crippen LogP contribution in [0.15, 0.2) is 18.2 Å². The van der Waals surface area contributed by atoms with E-state index in [4.69, 9.17) is 28.3 Å². The van der Waals surface area contributed by atoms with Crippen LogP contribution in [0.2, 0.25) is 10.0 Å². The van der Waals surface area contributed by atoms with Crippen LogP contribution in [0.5, 0.6) is 0 Å². The third kappa shape index (κ3) is 5.00. The fraction of sp³-hybridized carbons (Fsp3) is 0.385. The van der Waals surface area contributed by atoms with Crippen molar-refractivity contribution in [3.05, 3.63) is 28.2 Å². The molecule has 0 aliphatic rings. The Kier molecular flexibility index (Phi) is 6.26. The van der Waals surface area contributed by atoms with E-state index in [0.717, 1.165) is 0 Å². The van der Waals surface area contributed by atoms with E-state index in [1.54, 1.807) is 37.1 Å². The van der Waals surface area contributed by atoms with Crippen LogP contribution < -0.4 is 5.32 Å². The van der Waals surface area contributed by atoms with Crippen LogP contribution in [0.4, 0.5) is 5.69 Å². The summed E-state index contributed by atoms with van der Waals surface area (Å²) in [6, 6.07) is 4.95. The van der Waals surface area contributed by atoms with Gasteiger partial charge in [0.1, 0.15) is 0 Å². The zero-order chi connectivity index (χ0) is 15.3. The van der Waals surface area contributed by atoms with Crippen molar-refractivity contribution in [2.45, 2.75) is 6.92 Å². The van der Waals surface area contributed by atoms with Crippen molar-refractivity contribution in [3.63, 3.8) is 0 Å². The van der Waals surface area contributed by atoms with Crippen LogP contribution in [-0.2, 0) is 9.59 Å². The number of carbonyl (C=O) groups is 2. The highest BCUT2D eigenvalue weighted by molar-refractivity contribution is 6.43. The number of aliphatic carboxylic acids is 1. The standard InChI is InChI=1S/C13H16Cl2N2O3/c1-8(13(19)20)6-17(2)7-11(18)16-10-5-3-4-9(14)12(10)15/h3-5,8H,6-7H2,1-2H3,(H,16,18)(H,19,20). The van der Waals surface area contributed by atoms with E-state index in [1.165, 1.54) is 0 Å². The molecule has 2 N–H and O–H groups in total. The first-order valence-electron chi connectivity index (χ1n) is 5.96. The van der Waals surface area contributed by atoms with E-state index in [-0.39, 0.29) is 24.0 Å². The minimum Gasteiger partial charge on any atom is -0.481 e. The second kappa shape index (κ2) is 7.47. The number of anilines is 1. The monoisotopic (exact) mass is 318 g/mol. The first kappa shape index (κ1) is 16.8. The number of carbonyl (C=O) groups excluding carboxylic acids is 1. The predicted molar refractivity (Wildman–Crippen MR) is 79.4 cm³/mol. The van der Waals surface area contributed by atoms with Gasteiger partial charge in [0.15, 0.2) is 0 Å². The molecular weight excluding hydrogens is 303 g/mol. The lowest BCUT2D eigenvalue weighted by Gasteiger charge is -2.18. The SMILES string of the molecule is CC(CN(C)CC(=O)Nc1cccc(Cl)c1Cl)C(=O)O. The maximum absolute atomic E-state index is 11.8. The van der Waals surface area contributed by atoms with Gasteiger partial charge in [0, 0.05) is 6.54 Å². The van der Waals surface area contributed by atoms with Gasteiger partial charge in [-0.1, -0.05) is 36.2 Å². The second-order valence-corrected chi connectivity index (χ2v) is 5.37. The normalized spacial score (nSPS) is 12.2. The Balaban J connectivity index is 2.55. The first-order chi connectivity index (χ1) is 9.31. The Morgan fingerprint density at radius 1 is 1.40 bits per heavy atom. The molecule has 0 saturated heterocycles. The molecule has 1 atom stereocenters. The van der Waals surface area contributed by atoms with Gasteiger partial charge in [-0.25, -0.2) is 0 Å². The van der Waals surface area contributed by atoms with Crippen molar-refractivity contribution < 1.29 is 14.7 Å². The molecule has 5 nitrogen and oxygen atoms in total. The van der Waals surface area contributed by atoms with E-state index >= 15 is 0 Å². The van der Waals surface area contributed by atoms with Crippen molar-refractivity contribution in [3.8, 4) is 0 Å². The highest BCUT2D eigenvalue weighted by atomic mass is 35.5. The molecule has 1 amide bonds. The molecule has 0 aromatic heterocycles. The van der Waals surface area contributed by atoms with Gasteiger partial charge >= 0.3 is 5.97 Å². The van der Waals surface area contributed by atoms with Gasteiger partial charge in [0.2, 0.25) is 5.91 Å². The Hall–Kier alpha value is -1.30. The highest BCUT2D eigenvalue weighted by Crippen LogP contribution is 2.29. The smallest absolute Gasteiger partial charge is 0.307 e. The summed E-state index contributed by atoms with van der Waals surface area (Å²) in [7, 11) is 1.68. The summed E-state index contributed by atoms with van der Waals surface area (Å²) >= 11 is 11.8.